The molecule has 1 atom stereocenters. The standard InChI is InChI=1S/C14H22N2O2/c1-4-13(10(2)3)16-14(17)9-18-12-7-5-11(15)6-8-12/h5-8,10,13H,4,9,15H2,1-3H3,(H,16,17). The Bertz CT molecular complexity index is 374. The molecule has 4 heteroatoms. The lowest BCUT2D eigenvalue weighted by molar-refractivity contribution is -0.124. The topological polar surface area (TPSA) is 64.3 Å². The molecule has 0 radical (unpaired) electrons. The third-order valence-corrected chi connectivity index (χ3v) is 2.84. The van der Waals surface area contributed by atoms with Crippen LogP contribution in [-0.4, -0.2) is 18.6 Å². The molecular formula is C14H22N2O2. The van der Waals surface area contributed by atoms with Crippen molar-refractivity contribution in [3.63, 3.8) is 0 Å². The molecule has 1 amide bonds. The van der Waals surface area contributed by atoms with Gasteiger partial charge in [-0.05, 0) is 36.6 Å². The highest BCUT2D eigenvalue weighted by Gasteiger charge is 2.14. The molecule has 0 saturated carbocycles. The van der Waals surface area contributed by atoms with E-state index >= 15 is 0 Å². The molecular weight excluding hydrogens is 228 g/mol. The van der Waals surface area contributed by atoms with E-state index in [4.69, 9.17) is 10.5 Å². The normalized spacial score (nSPS) is 12.2. The van der Waals surface area contributed by atoms with E-state index in [0.717, 1.165) is 6.42 Å². The van der Waals surface area contributed by atoms with E-state index in [-0.39, 0.29) is 18.6 Å². The van der Waals surface area contributed by atoms with Crippen molar-refractivity contribution in [2.24, 2.45) is 5.92 Å². The molecule has 0 aliphatic rings. The average molecular weight is 250 g/mol. The summed E-state index contributed by atoms with van der Waals surface area (Å²) in [4.78, 5) is 11.7. The summed E-state index contributed by atoms with van der Waals surface area (Å²) in [5.41, 5.74) is 6.24. The van der Waals surface area contributed by atoms with Gasteiger partial charge in [-0.15, -0.1) is 0 Å². The SMILES string of the molecule is CCC(NC(=O)COc1ccc(N)cc1)C(C)C. The van der Waals surface area contributed by atoms with Gasteiger partial charge in [0.05, 0.1) is 0 Å². The lowest BCUT2D eigenvalue weighted by Crippen LogP contribution is -2.40. The number of nitrogens with two attached hydrogens (primary N) is 1. The number of rotatable bonds is 6. The zero-order valence-corrected chi connectivity index (χ0v) is 11.3. The minimum atomic E-state index is -0.0904. The Hall–Kier alpha value is -1.71. The summed E-state index contributed by atoms with van der Waals surface area (Å²) in [7, 11) is 0. The van der Waals surface area contributed by atoms with Crippen LogP contribution in [0.3, 0.4) is 0 Å². The molecule has 0 bridgehead atoms. The fourth-order valence-electron chi connectivity index (χ4n) is 1.70. The van der Waals surface area contributed by atoms with E-state index in [1.807, 2.05) is 0 Å². The number of anilines is 1. The number of carbonyl (C=O) groups is 1. The highest BCUT2D eigenvalue weighted by molar-refractivity contribution is 5.77. The van der Waals surface area contributed by atoms with Gasteiger partial charge in [0.2, 0.25) is 0 Å². The van der Waals surface area contributed by atoms with Gasteiger partial charge in [0, 0.05) is 11.7 Å². The molecule has 0 fully saturated rings. The third-order valence-electron chi connectivity index (χ3n) is 2.84. The summed E-state index contributed by atoms with van der Waals surface area (Å²) in [6, 6.07) is 7.20. The smallest absolute Gasteiger partial charge is 0.258 e. The summed E-state index contributed by atoms with van der Waals surface area (Å²) >= 11 is 0. The van der Waals surface area contributed by atoms with Gasteiger partial charge in [-0.25, -0.2) is 0 Å². The Labute approximate surface area is 109 Å². The van der Waals surface area contributed by atoms with Gasteiger partial charge < -0.3 is 15.8 Å². The van der Waals surface area contributed by atoms with E-state index in [9.17, 15) is 4.79 Å². The highest BCUT2D eigenvalue weighted by Crippen LogP contribution is 2.13. The number of nitrogen functional groups attached to an aromatic ring is 1. The van der Waals surface area contributed by atoms with Crippen molar-refractivity contribution in [3.8, 4) is 5.75 Å². The number of carbonyl (C=O) groups excluding carboxylic acids is 1. The second-order valence-electron chi connectivity index (χ2n) is 4.68. The summed E-state index contributed by atoms with van der Waals surface area (Å²) in [6.45, 7) is 6.28. The summed E-state index contributed by atoms with van der Waals surface area (Å²) < 4.78 is 5.38. The molecule has 0 aromatic heterocycles. The van der Waals surface area contributed by atoms with Crippen LogP contribution in [-0.2, 0) is 4.79 Å². The van der Waals surface area contributed by atoms with Crippen LogP contribution in [0.15, 0.2) is 24.3 Å². The lowest BCUT2D eigenvalue weighted by Gasteiger charge is -2.20. The molecule has 1 unspecified atom stereocenters. The minimum absolute atomic E-state index is 0.0349. The largest absolute Gasteiger partial charge is 0.484 e. The van der Waals surface area contributed by atoms with Gasteiger partial charge in [-0.3, -0.25) is 4.79 Å². The summed E-state index contributed by atoms with van der Waals surface area (Å²) in [5.74, 6) is 0.986. The Morgan fingerprint density at radius 1 is 1.33 bits per heavy atom. The van der Waals surface area contributed by atoms with Crippen LogP contribution in [0.5, 0.6) is 5.75 Å². The molecule has 1 aromatic carbocycles. The van der Waals surface area contributed by atoms with Crippen molar-refractivity contribution in [2.45, 2.75) is 33.2 Å². The number of nitrogens with one attached hydrogen (secondary N) is 1. The van der Waals surface area contributed by atoms with Crippen molar-refractivity contribution in [1.29, 1.82) is 0 Å². The van der Waals surface area contributed by atoms with Gasteiger partial charge in [0.15, 0.2) is 6.61 Å². The molecule has 18 heavy (non-hydrogen) atoms. The number of hydrogen-bond donors (Lipinski definition) is 2. The Balaban J connectivity index is 2.39. The molecule has 0 saturated heterocycles. The minimum Gasteiger partial charge on any atom is -0.484 e. The fraction of sp³-hybridized carbons (Fsp3) is 0.500. The predicted octanol–water partition coefficient (Wildman–Crippen LogP) is 2.20. The molecule has 1 aromatic rings. The Morgan fingerprint density at radius 3 is 2.44 bits per heavy atom. The lowest BCUT2D eigenvalue weighted by atomic mass is 10.0. The van der Waals surface area contributed by atoms with Gasteiger partial charge >= 0.3 is 0 Å². The van der Waals surface area contributed by atoms with Crippen molar-refractivity contribution in [2.75, 3.05) is 12.3 Å². The van der Waals surface area contributed by atoms with Crippen molar-refractivity contribution in [1.82, 2.24) is 5.32 Å². The first-order valence-electron chi connectivity index (χ1n) is 6.30. The number of amides is 1. The highest BCUT2D eigenvalue weighted by atomic mass is 16.5. The quantitative estimate of drug-likeness (QED) is 0.761. The molecule has 3 N–H and O–H groups in total. The van der Waals surface area contributed by atoms with E-state index in [1.54, 1.807) is 24.3 Å². The Kier molecular flexibility index (Phi) is 5.49. The first kappa shape index (κ1) is 14.4. The summed E-state index contributed by atoms with van der Waals surface area (Å²) in [6.07, 6.45) is 0.922. The second kappa shape index (κ2) is 6.89. The van der Waals surface area contributed by atoms with E-state index in [2.05, 4.69) is 26.1 Å². The van der Waals surface area contributed by atoms with Crippen LogP contribution in [0.1, 0.15) is 27.2 Å². The van der Waals surface area contributed by atoms with Gasteiger partial charge in [-0.1, -0.05) is 20.8 Å². The maximum atomic E-state index is 11.7. The van der Waals surface area contributed by atoms with Crippen LogP contribution < -0.4 is 15.8 Å². The maximum absolute atomic E-state index is 11.7. The van der Waals surface area contributed by atoms with Crippen LogP contribution >= 0.6 is 0 Å². The number of benzene rings is 1. The summed E-state index contributed by atoms with van der Waals surface area (Å²) in [5, 5.41) is 2.96. The molecule has 0 aliphatic carbocycles. The average Bonchev–Trinajstić information content (AvgIpc) is 2.35. The van der Waals surface area contributed by atoms with Crippen LogP contribution in [0, 0.1) is 5.92 Å². The first-order valence-corrected chi connectivity index (χ1v) is 6.30. The van der Waals surface area contributed by atoms with Crippen molar-refractivity contribution in [3.05, 3.63) is 24.3 Å². The van der Waals surface area contributed by atoms with Gasteiger partial charge in [0.25, 0.3) is 5.91 Å². The van der Waals surface area contributed by atoms with Crippen LogP contribution in [0.25, 0.3) is 0 Å². The second-order valence-corrected chi connectivity index (χ2v) is 4.68. The van der Waals surface area contributed by atoms with E-state index in [0.29, 0.717) is 17.4 Å². The van der Waals surface area contributed by atoms with Crippen molar-refractivity contribution < 1.29 is 9.53 Å². The molecule has 0 heterocycles. The fourth-order valence-corrected chi connectivity index (χ4v) is 1.70. The van der Waals surface area contributed by atoms with Crippen molar-refractivity contribution >= 4 is 11.6 Å². The number of hydrogen-bond acceptors (Lipinski definition) is 3. The van der Waals surface area contributed by atoms with Gasteiger partial charge in [-0.2, -0.15) is 0 Å². The monoisotopic (exact) mass is 250 g/mol. The van der Waals surface area contributed by atoms with E-state index in [1.165, 1.54) is 0 Å². The number of ether oxygens (including phenoxy) is 1. The third kappa shape index (κ3) is 4.65. The van der Waals surface area contributed by atoms with Gasteiger partial charge in [0.1, 0.15) is 5.75 Å². The molecule has 1 rings (SSSR count). The molecule has 4 nitrogen and oxygen atoms in total. The zero-order chi connectivity index (χ0) is 13.5. The van der Waals surface area contributed by atoms with E-state index < -0.39 is 0 Å². The molecule has 0 spiro atoms. The first-order chi connectivity index (χ1) is 8.52. The Morgan fingerprint density at radius 2 is 1.94 bits per heavy atom. The molecule has 0 aliphatic heterocycles. The van der Waals surface area contributed by atoms with Crippen LogP contribution in [0.4, 0.5) is 5.69 Å². The maximum Gasteiger partial charge on any atom is 0.258 e. The zero-order valence-electron chi connectivity index (χ0n) is 11.3. The van der Waals surface area contributed by atoms with Crippen LogP contribution in [0.2, 0.25) is 0 Å². The predicted molar refractivity (Wildman–Crippen MR) is 73.4 cm³/mol. The molecule has 100 valence electrons.